The Labute approximate surface area is 396 Å². The molecule has 1 aromatic carbocycles. The molecule has 2 aliphatic heterocycles. The summed E-state index contributed by atoms with van der Waals surface area (Å²) in [6.07, 6.45) is 10.6. The molecular formula is C47H58N12O8S. The van der Waals surface area contributed by atoms with Gasteiger partial charge in [-0.25, -0.2) is 4.68 Å². The van der Waals surface area contributed by atoms with E-state index in [1.54, 1.807) is 35.3 Å². The molecule has 2 saturated heterocycles. The van der Waals surface area contributed by atoms with Crippen molar-refractivity contribution in [1.82, 2.24) is 51.5 Å². The van der Waals surface area contributed by atoms with E-state index >= 15 is 4.79 Å². The molecule has 0 radical (unpaired) electrons. The van der Waals surface area contributed by atoms with Gasteiger partial charge in [0.2, 0.25) is 47.3 Å². The number of para-hydroxylation sites is 1. The molecule has 360 valence electrons. The highest BCUT2D eigenvalue weighted by molar-refractivity contribution is 7.16. The molecule has 0 spiro atoms. The Morgan fingerprint density at radius 2 is 1.66 bits per heavy atom. The number of aromatic amines is 1. The van der Waals surface area contributed by atoms with E-state index in [4.69, 9.17) is 11.5 Å². The van der Waals surface area contributed by atoms with Crippen LogP contribution >= 0.6 is 11.3 Å². The molecule has 21 heteroatoms. The maximum Gasteiger partial charge on any atom is 0.246 e. The Bertz CT molecular complexity index is 2620. The lowest BCUT2D eigenvalue weighted by atomic mass is 9.96. The van der Waals surface area contributed by atoms with Gasteiger partial charge in [-0.1, -0.05) is 61.9 Å². The van der Waals surface area contributed by atoms with Crippen LogP contribution in [0, 0.1) is 5.92 Å². The Morgan fingerprint density at radius 1 is 0.897 bits per heavy atom. The van der Waals surface area contributed by atoms with Crippen LogP contribution in [0.1, 0.15) is 88.1 Å². The largest absolute Gasteiger partial charge is 0.370 e. The summed E-state index contributed by atoms with van der Waals surface area (Å²) in [6, 6.07) is 4.51. The number of hydrogen-bond acceptors (Lipinski definition) is 11. The van der Waals surface area contributed by atoms with Gasteiger partial charge >= 0.3 is 0 Å². The topological polar surface area (TPSA) is 298 Å². The number of H-pyrrole nitrogens is 1. The second-order valence-corrected chi connectivity index (χ2v) is 18.6. The van der Waals surface area contributed by atoms with Crippen LogP contribution in [-0.4, -0.2) is 115 Å². The maximum atomic E-state index is 15.0. The number of aromatic nitrogens is 4. The third kappa shape index (κ3) is 11.9. The monoisotopic (exact) mass is 950 g/mol. The molecule has 0 saturated carbocycles. The van der Waals surface area contributed by atoms with Crippen molar-refractivity contribution in [1.29, 1.82) is 0 Å². The van der Waals surface area contributed by atoms with E-state index in [0.29, 0.717) is 30.5 Å². The van der Waals surface area contributed by atoms with Crippen molar-refractivity contribution < 1.29 is 38.4 Å². The Balaban J connectivity index is 1.24. The number of fused-ring (bicyclic) bond motifs is 2. The van der Waals surface area contributed by atoms with Gasteiger partial charge in [0, 0.05) is 60.7 Å². The summed E-state index contributed by atoms with van der Waals surface area (Å²) in [4.78, 5) is 115. The molecule has 3 aromatic heterocycles. The number of nitrogens with two attached hydrogens (primary N) is 2. The molecular weight excluding hydrogens is 893 g/mol. The number of benzene rings is 1. The quantitative estimate of drug-likeness (QED) is 0.114. The minimum Gasteiger partial charge on any atom is -0.370 e. The fourth-order valence-corrected chi connectivity index (χ4v) is 9.70. The lowest BCUT2D eigenvalue weighted by Crippen LogP contribution is -2.60. The van der Waals surface area contributed by atoms with Gasteiger partial charge in [-0.3, -0.25) is 38.4 Å². The molecule has 3 aliphatic rings. The zero-order valence-electron chi connectivity index (χ0n) is 38.0. The van der Waals surface area contributed by atoms with Crippen molar-refractivity contribution in [2.24, 2.45) is 17.4 Å². The molecule has 20 nitrogen and oxygen atoms in total. The number of thiophene rings is 1. The van der Waals surface area contributed by atoms with Crippen LogP contribution in [0.25, 0.3) is 27.0 Å². The average Bonchev–Trinajstić information content (AvgIpc) is 4.18. The van der Waals surface area contributed by atoms with Crippen LogP contribution in [0.4, 0.5) is 0 Å². The van der Waals surface area contributed by atoms with E-state index in [1.807, 2.05) is 49.4 Å². The van der Waals surface area contributed by atoms with Crippen molar-refractivity contribution in [3.63, 3.8) is 0 Å². The number of nitrogens with zero attached hydrogens (tertiary/aromatic N) is 4. The number of amides is 8. The average molecular weight is 951 g/mol. The van der Waals surface area contributed by atoms with E-state index < -0.39 is 95.8 Å². The molecule has 1 aliphatic carbocycles. The van der Waals surface area contributed by atoms with Gasteiger partial charge in [0.1, 0.15) is 35.9 Å². The molecule has 7 atom stereocenters. The first-order valence-corrected chi connectivity index (χ1v) is 23.8. The van der Waals surface area contributed by atoms with Crippen molar-refractivity contribution in [2.75, 3.05) is 13.1 Å². The third-order valence-electron chi connectivity index (χ3n) is 12.7. The lowest BCUT2D eigenvalue weighted by Gasteiger charge is -2.32. The fraction of sp³-hybridized carbons (Fsp3) is 0.447. The van der Waals surface area contributed by atoms with Gasteiger partial charge in [0.15, 0.2) is 0 Å². The van der Waals surface area contributed by atoms with Crippen LogP contribution in [0.3, 0.4) is 0 Å². The number of carbonyl (C=O) groups is 8. The van der Waals surface area contributed by atoms with Gasteiger partial charge in [-0.2, -0.15) is 0 Å². The third-order valence-corrected chi connectivity index (χ3v) is 13.9. The van der Waals surface area contributed by atoms with Crippen molar-refractivity contribution >= 4 is 75.1 Å². The van der Waals surface area contributed by atoms with Gasteiger partial charge < -0.3 is 47.9 Å². The normalized spacial score (nSPS) is 24.3. The van der Waals surface area contributed by atoms with E-state index in [9.17, 15) is 33.6 Å². The zero-order chi connectivity index (χ0) is 48.5. The number of allylic oxidation sites excluding steroid dienone is 4. The Kier molecular flexibility index (Phi) is 15.8. The second-order valence-electron chi connectivity index (χ2n) is 17.6. The van der Waals surface area contributed by atoms with Crippen LogP contribution in [0.15, 0.2) is 67.0 Å². The van der Waals surface area contributed by atoms with Crippen molar-refractivity contribution in [2.45, 2.75) is 114 Å². The molecule has 4 aromatic rings. The van der Waals surface area contributed by atoms with Crippen LogP contribution < -0.4 is 38.1 Å². The molecule has 2 fully saturated rings. The summed E-state index contributed by atoms with van der Waals surface area (Å²) >= 11 is 1.57. The van der Waals surface area contributed by atoms with Crippen LogP contribution in [-0.2, 0) is 44.8 Å². The molecule has 0 unspecified atom stereocenters. The SMILES string of the molecule is CC[C@H](C)[C@@H]1NC(=O)[C@H](CC(N)=O)NC(=O)CCC(=O)NCCCC[C@@H](C(N)=O)NC(=O)[C@H](Cc2c[nH]c3ccccc23)NC(=O)[C@@H]2C[C@H](n3cc(-c4ccc(C5=CC=CC5)s4)nn3)CN2C1=O. The van der Waals surface area contributed by atoms with Crippen LogP contribution in [0.5, 0.6) is 0 Å². The van der Waals surface area contributed by atoms with Crippen molar-refractivity contribution in [3.05, 3.63) is 77.5 Å². The predicted octanol–water partition coefficient (Wildman–Crippen LogP) is 1.64. The predicted molar refractivity (Wildman–Crippen MR) is 253 cm³/mol. The number of carbonyl (C=O) groups excluding carboxylic acids is 8. The first-order valence-electron chi connectivity index (χ1n) is 23.0. The Morgan fingerprint density at radius 3 is 2.41 bits per heavy atom. The number of primary amides is 2. The highest BCUT2D eigenvalue weighted by atomic mass is 32.1. The standard InChI is InChI=1S/C47H58N12O8S/c1-3-26(2)42-47(67)58-24-29(59-25-35(56-57-59)38-16-15-37(68-38)27-10-4-5-11-27)21-36(58)46(66)54-33(20-28-23-51-31-13-7-6-12-30(28)31)44(64)53-32(43(49)63)14-8-9-19-50-40(61)17-18-41(62)52-34(22-39(48)60)45(65)55-42/h4-7,10,12-13,15-16,23,25-26,29,32-34,36,42,51H,3,8-9,11,14,17-22,24H2,1-2H3,(H2,48,60)(H2,49,63)(H,50,61)(H,52,62)(H,53,64)(H,54,66)(H,55,65)/t26-,29-,32-,33-,34-,36-,42-/m0/s1. The Hall–Kier alpha value is -7.16. The van der Waals surface area contributed by atoms with E-state index in [-0.39, 0.29) is 45.2 Å². The lowest BCUT2D eigenvalue weighted by molar-refractivity contribution is -0.143. The highest BCUT2D eigenvalue weighted by Gasteiger charge is 2.45. The van der Waals surface area contributed by atoms with Gasteiger partial charge in [0.05, 0.1) is 23.5 Å². The molecule has 68 heavy (non-hydrogen) atoms. The molecule has 7 rings (SSSR count). The molecule has 8 amide bonds. The summed E-state index contributed by atoms with van der Waals surface area (Å²) in [6.45, 7) is 3.70. The number of hydrogen-bond donors (Lipinski definition) is 8. The van der Waals surface area contributed by atoms with Crippen molar-refractivity contribution in [3.8, 4) is 10.6 Å². The number of rotatable bonds is 10. The summed E-state index contributed by atoms with van der Waals surface area (Å²) in [7, 11) is 0. The van der Waals surface area contributed by atoms with Gasteiger partial charge in [-0.15, -0.1) is 16.4 Å². The minimum absolute atomic E-state index is 0.01000. The molecule has 0 bridgehead atoms. The minimum atomic E-state index is -1.48. The van der Waals surface area contributed by atoms with Crippen LogP contribution in [0.2, 0.25) is 0 Å². The summed E-state index contributed by atoms with van der Waals surface area (Å²) < 4.78 is 1.61. The first kappa shape index (κ1) is 48.8. The van der Waals surface area contributed by atoms with E-state index in [2.05, 4.69) is 54.0 Å². The van der Waals surface area contributed by atoms with E-state index in [0.717, 1.165) is 27.1 Å². The zero-order valence-corrected chi connectivity index (χ0v) is 38.8. The van der Waals surface area contributed by atoms with E-state index in [1.165, 1.54) is 10.5 Å². The number of nitrogens with one attached hydrogen (secondary N) is 6. The molecule has 10 N–H and O–H groups in total. The first-order chi connectivity index (χ1) is 32.7. The second kappa shape index (κ2) is 22.1. The smallest absolute Gasteiger partial charge is 0.246 e. The van der Waals surface area contributed by atoms with Gasteiger partial charge in [-0.05, 0) is 60.9 Å². The maximum absolute atomic E-state index is 15.0. The summed E-state index contributed by atoms with van der Waals surface area (Å²) in [5, 5.41) is 23.3. The molecule has 5 heterocycles. The summed E-state index contributed by atoms with van der Waals surface area (Å²) in [5.74, 6) is -6.24. The fourth-order valence-electron chi connectivity index (χ4n) is 8.71. The highest BCUT2D eigenvalue weighted by Crippen LogP contribution is 2.35. The van der Waals surface area contributed by atoms with Gasteiger partial charge in [0.25, 0.3) is 0 Å². The summed E-state index contributed by atoms with van der Waals surface area (Å²) in [5.41, 5.74) is 14.6.